The topological polar surface area (TPSA) is 326 Å². The molecule has 0 bridgehead atoms. The highest BCUT2D eigenvalue weighted by atomic mass is 16.8. The molecule has 0 aromatic heterocycles. The number of aliphatic hydroxyl groups is 12. The fourth-order valence-corrected chi connectivity index (χ4v) is 6.09. The van der Waals surface area contributed by atoms with E-state index in [2.05, 4.69) is 0 Å². The average Bonchev–Trinajstić information content (AvgIpc) is 3.34. The minimum atomic E-state index is -2.13. The van der Waals surface area contributed by atoms with Crippen LogP contribution in [0.4, 0.5) is 0 Å². The van der Waals surface area contributed by atoms with Crippen LogP contribution < -0.4 is 0 Å². The number of hydrogen-bond donors (Lipinski definition) is 12. The Hall–Kier alpha value is -0.840. The molecule has 0 radical (unpaired) electrons. The minimum Gasteiger partial charge on any atom is -0.393 e. The van der Waals surface area contributed by atoms with Crippen LogP contribution >= 0.6 is 0 Å². The standard InChI is InChI=1S/C27H46O21/c1-7-11(31)13(33)14(34)24(43-7)46-18-10(30)4-41-23(15(18)35)45-17-8(2)44-25(48-20-12(32)9(29)3-40-22(20)38)16(36)19(17)47-26-21(37)27(39,5-28)6-42-26/h7-26,28-39H,3-6H2,1-2H3/t7-,8-,9-,10+,11-,12-,13+,14+,15+,16+,17-,18-,19-,20+,21-,22+,23-,24-,25-,26-,27+/m0/s1. The van der Waals surface area contributed by atoms with Gasteiger partial charge in [-0.05, 0) is 13.8 Å². The average molecular weight is 707 g/mol. The van der Waals surface area contributed by atoms with Crippen molar-refractivity contribution in [3.8, 4) is 0 Å². The van der Waals surface area contributed by atoms with Crippen LogP contribution in [0.25, 0.3) is 0 Å². The Kier molecular flexibility index (Phi) is 12.3. The van der Waals surface area contributed by atoms with Crippen LogP contribution in [0, 0.1) is 0 Å². The summed E-state index contributed by atoms with van der Waals surface area (Å²) in [5.74, 6) is 0. The van der Waals surface area contributed by atoms with Crippen LogP contribution in [-0.2, 0) is 42.6 Å². The third-order valence-corrected chi connectivity index (χ3v) is 9.18. The fraction of sp³-hybridized carbons (Fsp3) is 1.00. The first kappa shape index (κ1) is 38.4. The molecule has 0 aromatic carbocycles. The van der Waals surface area contributed by atoms with E-state index in [1.54, 1.807) is 0 Å². The van der Waals surface area contributed by atoms with Crippen molar-refractivity contribution in [3.05, 3.63) is 0 Å². The van der Waals surface area contributed by atoms with E-state index >= 15 is 0 Å². The maximum Gasteiger partial charge on any atom is 0.187 e. The predicted octanol–water partition coefficient (Wildman–Crippen LogP) is -7.95. The van der Waals surface area contributed by atoms with Crippen LogP contribution in [0.5, 0.6) is 0 Å². The molecule has 0 aliphatic carbocycles. The molecular formula is C27H46O21. The number of ether oxygens (including phenoxy) is 9. The molecule has 0 aromatic rings. The van der Waals surface area contributed by atoms with Gasteiger partial charge in [0.15, 0.2) is 31.5 Å². The van der Waals surface area contributed by atoms with Crippen LogP contribution in [0.15, 0.2) is 0 Å². The van der Waals surface area contributed by atoms with E-state index < -0.39 is 155 Å². The molecule has 5 aliphatic rings. The van der Waals surface area contributed by atoms with Gasteiger partial charge in [-0.2, -0.15) is 0 Å². The van der Waals surface area contributed by atoms with E-state index in [1.165, 1.54) is 13.8 Å². The summed E-state index contributed by atoms with van der Waals surface area (Å²) in [7, 11) is 0. The normalized spacial score (nSPS) is 55.1. The van der Waals surface area contributed by atoms with Crippen LogP contribution in [0.3, 0.4) is 0 Å². The van der Waals surface area contributed by atoms with Gasteiger partial charge in [0.05, 0.1) is 38.6 Å². The molecule has 48 heavy (non-hydrogen) atoms. The summed E-state index contributed by atoms with van der Waals surface area (Å²) in [6.45, 7) is 0.443. The highest BCUT2D eigenvalue weighted by Crippen LogP contribution is 2.36. The first-order valence-corrected chi connectivity index (χ1v) is 15.5. The summed E-state index contributed by atoms with van der Waals surface area (Å²) in [5, 5.41) is 125. The van der Waals surface area contributed by atoms with Crippen molar-refractivity contribution in [1.29, 1.82) is 0 Å². The van der Waals surface area contributed by atoms with E-state index in [-0.39, 0.29) is 0 Å². The second-order valence-corrected chi connectivity index (χ2v) is 12.7. The molecule has 21 atom stereocenters. The molecule has 0 saturated carbocycles. The molecule has 5 heterocycles. The number of rotatable bonds is 9. The van der Waals surface area contributed by atoms with Crippen molar-refractivity contribution in [1.82, 2.24) is 0 Å². The summed E-state index contributed by atoms with van der Waals surface area (Å²) in [6.07, 6.45) is -31.9. The van der Waals surface area contributed by atoms with E-state index in [9.17, 15) is 61.3 Å². The first-order valence-electron chi connectivity index (χ1n) is 15.5. The predicted molar refractivity (Wildman–Crippen MR) is 146 cm³/mol. The summed E-state index contributed by atoms with van der Waals surface area (Å²) in [5.41, 5.74) is -2.13. The van der Waals surface area contributed by atoms with Gasteiger partial charge < -0.3 is 104 Å². The molecule has 21 nitrogen and oxygen atoms in total. The van der Waals surface area contributed by atoms with Crippen LogP contribution in [0.1, 0.15) is 13.8 Å². The first-order chi connectivity index (χ1) is 22.6. The zero-order valence-electron chi connectivity index (χ0n) is 25.9. The Morgan fingerprint density at radius 2 is 1.10 bits per heavy atom. The summed E-state index contributed by atoms with van der Waals surface area (Å²) >= 11 is 0. The van der Waals surface area contributed by atoms with E-state index in [4.69, 9.17) is 42.6 Å². The molecule has 0 spiro atoms. The maximum absolute atomic E-state index is 11.4. The van der Waals surface area contributed by atoms with Gasteiger partial charge in [0.2, 0.25) is 0 Å². The molecular weight excluding hydrogens is 660 g/mol. The van der Waals surface area contributed by atoms with Gasteiger partial charge in [-0.1, -0.05) is 0 Å². The van der Waals surface area contributed by atoms with Gasteiger partial charge in [0.1, 0.15) is 85.0 Å². The lowest BCUT2D eigenvalue weighted by Crippen LogP contribution is -2.66. The fourth-order valence-electron chi connectivity index (χ4n) is 6.09. The molecule has 5 rings (SSSR count). The van der Waals surface area contributed by atoms with Crippen molar-refractivity contribution in [3.63, 3.8) is 0 Å². The van der Waals surface area contributed by atoms with Crippen LogP contribution in [-0.4, -0.2) is 216 Å². The minimum absolute atomic E-state index is 0.407. The molecule has 12 N–H and O–H groups in total. The lowest BCUT2D eigenvalue weighted by Gasteiger charge is -2.48. The van der Waals surface area contributed by atoms with Gasteiger partial charge in [-0.25, -0.2) is 0 Å². The second kappa shape index (κ2) is 15.4. The van der Waals surface area contributed by atoms with Crippen molar-refractivity contribution in [2.24, 2.45) is 0 Å². The highest BCUT2D eigenvalue weighted by molar-refractivity contribution is 4.98. The number of aliphatic hydroxyl groups excluding tert-OH is 11. The molecule has 5 saturated heterocycles. The molecule has 0 unspecified atom stereocenters. The van der Waals surface area contributed by atoms with E-state index in [0.717, 1.165) is 0 Å². The smallest absolute Gasteiger partial charge is 0.187 e. The highest BCUT2D eigenvalue weighted by Gasteiger charge is 2.56. The molecule has 280 valence electrons. The third kappa shape index (κ3) is 7.53. The van der Waals surface area contributed by atoms with Gasteiger partial charge in [-0.15, -0.1) is 0 Å². The maximum atomic E-state index is 11.4. The summed E-state index contributed by atoms with van der Waals surface area (Å²) < 4.78 is 50.0. The van der Waals surface area contributed by atoms with Crippen molar-refractivity contribution >= 4 is 0 Å². The van der Waals surface area contributed by atoms with Gasteiger partial charge in [0, 0.05) is 0 Å². The summed E-state index contributed by atoms with van der Waals surface area (Å²) in [4.78, 5) is 0. The summed E-state index contributed by atoms with van der Waals surface area (Å²) in [6, 6.07) is 0. The number of hydrogen-bond acceptors (Lipinski definition) is 21. The van der Waals surface area contributed by atoms with Gasteiger partial charge in [0.25, 0.3) is 0 Å². The van der Waals surface area contributed by atoms with Crippen molar-refractivity contribution < 1.29 is 104 Å². The van der Waals surface area contributed by atoms with Crippen LogP contribution in [0.2, 0.25) is 0 Å². The SMILES string of the molecule is C[C@@H]1O[C@@H](O[C@@H]2[C@@H](O)[C@H](O[C@@H]3[C@@H](O[C@@H]4OC[C@](O)(CO)[C@H]4O)[C@@H](O)[C@H](O[C@@H]4[C@@H](O)[C@@H](O)CO[C@H]4O)O[C@H]3C)OC[C@H]2O)[C@H](O)[C@H](O)[C@H]1O. The van der Waals surface area contributed by atoms with E-state index in [1.807, 2.05) is 0 Å². The molecule has 0 amide bonds. The van der Waals surface area contributed by atoms with Gasteiger partial charge in [-0.3, -0.25) is 0 Å². The van der Waals surface area contributed by atoms with E-state index in [0.29, 0.717) is 0 Å². The Balaban J connectivity index is 1.34. The Morgan fingerprint density at radius 1 is 0.542 bits per heavy atom. The largest absolute Gasteiger partial charge is 0.393 e. The lowest BCUT2D eigenvalue weighted by atomic mass is 9.97. The Labute approximate surface area is 273 Å². The molecule has 5 aliphatic heterocycles. The van der Waals surface area contributed by atoms with Crippen molar-refractivity contribution in [2.75, 3.05) is 26.4 Å². The third-order valence-electron chi connectivity index (χ3n) is 9.18. The monoisotopic (exact) mass is 706 g/mol. The Bertz CT molecular complexity index is 1040. The molecule has 21 heteroatoms. The quantitative estimate of drug-likeness (QED) is 0.106. The lowest BCUT2D eigenvalue weighted by molar-refractivity contribution is -0.386. The zero-order chi connectivity index (χ0) is 35.2. The van der Waals surface area contributed by atoms with Gasteiger partial charge >= 0.3 is 0 Å². The molecule has 5 fully saturated rings. The van der Waals surface area contributed by atoms with Crippen molar-refractivity contribution in [2.45, 2.75) is 142 Å². The Morgan fingerprint density at radius 3 is 1.77 bits per heavy atom. The zero-order valence-corrected chi connectivity index (χ0v) is 25.9. The second-order valence-electron chi connectivity index (χ2n) is 12.7.